The molecule has 3 heterocycles. The van der Waals surface area contributed by atoms with E-state index in [0.29, 0.717) is 18.3 Å². The third-order valence-corrected chi connectivity index (χ3v) is 9.34. The lowest BCUT2D eigenvalue weighted by Gasteiger charge is -2.54. The highest BCUT2D eigenvalue weighted by Crippen LogP contribution is 2.43. The largest absolute Gasteiger partial charge is 0.361 e. The lowest BCUT2D eigenvalue weighted by atomic mass is 9.71. The molecule has 1 unspecified atom stereocenters. The predicted octanol–water partition coefficient (Wildman–Crippen LogP) is 3.00. The van der Waals surface area contributed by atoms with Crippen LogP contribution in [0.25, 0.3) is 0 Å². The zero-order valence-corrected chi connectivity index (χ0v) is 22.6. The van der Waals surface area contributed by atoms with Crippen molar-refractivity contribution in [2.75, 3.05) is 56.6 Å². The minimum atomic E-state index is -0.433. The fourth-order valence-electron chi connectivity index (χ4n) is 7.19. The number of likely N-dealkylation sites (tertiary alicyclic amines) is 2. The lowest BCUT2D eigenvalue weighted by Crippen LogP contribution is -2.60. The Morgan fingerprint density at radius 3 is 2.43 bits per heavy atom. The number of piperidine rings is 2. The first kappa shape index (κ1) is 26.2. The summed E-state index contributed by atoms with van der Waals surface area (Å²) in [5.74, 6) is 0.419. The van der Waals surface area contributed by atoms with Gasteiger partial charge in [0.25, 0.3) is 0 Å². The number of imide groups is 1. The van der Waals surface area contributed by atoms with Gasteiger partial charge >= 0.3 is 0 Å². The standard InChI is InChI=1S/C29H43N5O3/c1-31(21-35)27-23(9-6-10-24(27)32(2)25-11-12-26(36)30-28(25)37)18-34-19-29(20-34)13-15-33(16-14-29)17-22-7-4-3-5-8-22/h6,9-10,21-22,25H,3-5,7-8,11-20H2,1-2H3,(H,30,36,37). The highest BCUT2D eigenvalue weighted by Gasteiger charge is 2.45. The van der Waals surface area contributed by atoms with Gasteiger partial charge in [0.15, 0.2) is 0 Å². The van der Waals surface area contributed by atoms with E-state index in [9.17, 15) is 14.4 Å². The van der Waals surface area contributed by atoms with Gasteiger partial charge < -0.3 is 14.7 Å². The van der Waals surface area contributed by atoms with Gasteiger partial charge in [-0.05, 0) is 68.2 Å². The predicted molar refractivity (Wildman–Crippen MR) is 145 cm³/mol. The molecule has 0 radical (unpaired) electrons. The summed E-state index contributed by atoms with van der Waals surface area (Å²) in [7, 11) is 3.65. The second-order valence-electron chi connectivity index (χ2n) is 12.0. The van der Waals surface area contributed by atoms with E-state index in [1.807, 2.05) is 24.1 Å². The molecule has 3 amide bonds. The van der Waals surface area contributed by atoms with Gasteiger partial charge in [0.2, 0.25) is 18.2 Å². The van der Waals surface area contributed by atoms with Crippen LogP contribution in [-0.4, -0.2) is 80.9 Å². The summed E-state index contributed by atoms with van der Waals surface area (Å²) >= 11 is 0. The molecule has 4 fully saturated rings. The summed E-state index contributed by atoms with van der Waals surface area (Å²) < 4.78 is 0. The average molecular weight is 510 g/mol. The summed E-state index contributed by atoms with van der Waals surface area (Å²) in [5.41, 5.74) is 3.22. The van der Waals surface area contributed by atoms with E-state index in [-0.39, 0.29) is 11.8 Å². The minimum absolute atomic E-state index is 0.222. The number of hydrogen-bond donors (Lipinski definition) is 1. The van der Waals surface area contributed by atoms with Gasteiger partial charge in [-0.15, -0.1) is 0 Å². The molecule has 1 aliphatic carbocycles. The minimum Gasteiger partial charge on any atom is -0.361 e. The molecule has 202 valence electrons. The molecule has 1 N–H and O–H groups in total. The topological polar surface area (TPSA) is 76.2 Å². The monoisotopic (exact) mass is 509 g/mol. The Kier molecular flexibility index (Phi) is 7.86. The van der Waals surface area contributed by atoms with E-state index in [0.717, 1.165) is 48.9 Å². The molecule has 1 saturated carbocycles. The molecule has 0 aromatic heterocycles. The van der Waals surface area contributed by atoms with Crippen molar-refractivity contribution in [1.29, 1.82) is 0 Å². The first-order valence-electron chi connectivity index (χ1n) is 14.2. The molecule has 3 aliphatic heterocycles. The van der Waals surface area contributed by atoms with Crippen molar-refractivity contribution in [3.63, 3.8) is 0 Å². The van der Waals surface area contributed by atoms with Gasteiger partial charge in [-0.1, -0.05) is 31.4 Å². The zero-order valence-electron chi connectivity index (χ0n) is 22.6. The second kappa shape index (κ2) is 11.1. The quantitative estimate of drug-likeness (QED) is 0.429. The number of nitrogens with zero attached hydrogens (tertiary/aromatic N) is 4. The Morgan fingerprint density at radius 1 is 1.03 bits per heavy atom. The normalized spacial score (nSPS) is 25.0. The summed E-state index contributed by atoms with van der Waals surface area (Å²) in [6, 6.07) is 5.63. The van der Waals surface area contributed by atoms with Crippen molar-refractivity contribution in [3.8, 4) is 0 Å². The second-order valence-corrected chi connectivity index (χ2v) is 12.0. The van der Waals surface area contributed by atoms with Crippen molar-refractivity contribution in [2.45, 2.75) is 70.4 Å². The number of hydrogen-bond acceptors (Lipinski definition) is 6. The Morgan fingerprint density at radius 2 is 1.76 bits per heavy atom. The molecule has 1 atom stereocenters. The molecular weight excluding hydrogens is 466 g/mol. The highest BCUT2D eigenvalue weighted by molar-refractivity contribution is 6.02. The fraction of sp³-hybridized carbons (Fsp3) is 0.690. The molecule has 0 bridgehead atoms. The number of benzene rings is 1. The lowest BCUT2D eigenvalue weighted by molar-refractivity contribution is -0.134. The van der Waals surface area contributed by atoms with E-state index in [4.69, 9.17) is 0 Å². The average Bonchev–Trinajstić information content (AvgIpc) is 2.88. The van der Waals surface area contributed by atoms with Crippen molar-refractivity contribution < 1.29 is 14.4 Å². The van der Waals surface area contributed by atoms with Gasteiger partial charge in [0.1, 0.15) is 6.04 Å². The molecule has 8 nitrogen and oxygen atoms in total. The summed E-state index contributed by atoms with van der Waals surface area (Å²) in [6.45, 7) is 6.78. The first-order chi connectivity index (χ1) is 17.9. The number of anilines is 2. The van der Waals surface area contributed by atoms with E-state index in [1.54, 1.807) is 11.9 Å². The third kappa shape index (κ3) is 5.70. The number of para-hydroxylation sites is 1. The van der Waals surface area contributed by atoms with E-state index in [1.165, 1.54) is 64.6 Å². The molecule has 4 aliphatic rings. The molecule has 1 aromatic carbocycles. The maximum atomic E-state index is 12.5. The Labute approximate surface area is 221 Å². The van der Waals surface area contributed by atoms with Crippen molar-refractivity contribution in [3.05, 3.63) is 23.8 Å². The Bertz CT molecular complexity index is 991. The van der Waals surface area contributed by atoms with Crippen LogP contribution in [0.3, 0.4) is 0 Å². The van der Waals surface area contributed by atoms with Crippen LogP contribution in [0, 0.1) is 11.3 Å². The third-order valence-electron chi connectivity index (χ3n) is 9.34. The van der Waals surface area contributed by atoms with Gasteiger partial charge in [-0.3, -0.25) is 24.6 Å². The first-order valence-corrected chi connectivity index (χ1v) is 14.2. The number of nitrogens with one attached hydrogen (secondary N) is 1. The van der Waals surface area contributed by atoms with Crippen LogP contribution in [0.4, 0.5) is 11.4 Å². The molecule has 1 spiro atoms. The van der Waals surface area contributed by atoms with Crippen LogP contribution in [-0.2, 0) is 20.9 Å². The van der Waals surface area contributed by atoms with Crippen LogP contribution in [0.5, 0.6) is 0 Å². The summed E-state index contributed by atoms with van der Waals surface area (Å²) in [5, 5.41) is 2.45. The smallest absolute Gasteiger partial charge is 0.249 e. The SMILES string of the molecule is CN(C=O)c1c(CN2CC3(CCN(CC4CCCCC4)CC3)C2)cccc1N(C)C1CCC(=O)NC1=O. The molecule has 8 heteroatoms. The van der Waals surface area contributed by atoms with Crippen molar-refractivity contribution in [1.82, 2.24) is 15.1 Å². The number of carbonyl (C=O) groups is 3. The van der Waals surface area contributed by atoms with E-state index in [2.05, 4.69) is 21.2 Å². The van der Waals surface area contributed by atoms with Gasteiger partial charge in [0, 0.05) is 46.7 Å². The Hall–Kier alpha value is -2.45. The van der Waals surface area contributed by atoms with Crippen molar-refractivity contribution in [2.24, 2.45) is 11.3 Å². The van der Waals surface area contributed by atoms with Crippen LogP contribution in [0.2, 0.25) is 0 Å². The Balaban J connectivity index is 1.21. The van der Waals surface area contributed by atoms with Crippen LogP contribution in [0.15, 0.2) is 18.2 Å². The molecule has 3 saturated heterocycles. The molecular formula is C29H43N5O3. The zero-order chi connectivity index (χ0) is 26.0. The number of likely N-dealkylation sites (N-methyl/N-ethyl adjacent to an activating group) is 1. The number of carbonyl (C=O) groups excluding carboxylic acids is 3. The molecule has 1 aromatic rings. The van der Waals surface area contributed by atoms with E-state index >= 15 is 0 Å². The summed E-state index contributed by atoms with van der Waals surface area (Å²) in [6.07, 6.45) is 11.3. The molecule has 37 heavy (non-hydrogen) atoms. The van der Waals surface area contributed by atoms with Crippen molar-refractivity contribution >= 4 is 29.6 Å². The van der Waals surface area contributed by atoms with Gasteiger partial charge in [0.05, 0.1) is 11.4 Å². The maximum absolute atomic E-state index is 12.5. The van der Waals surface area contributed by atoms with Gasteiger partial charge in [-0.25, -0.2) is 0 Å². The van der Waals surface area contributed by atoms with Crippen LogP contribution in [0.1, 0.15) is 63.4 Å². The van der Waals surface area contributed by atoms with E-state index < -0.39 is 6.04 Å². The summed E-state index contributed by atoms with van der Waals surface area (Å²) in [4.78, 5) is 44.8. The number of rotatable bonds is 8. The maximum Gasteiger partial charge on any atom is 0.249 e. The highest BCUT2D eigenvalue weighted by atomic mass is 16.2. The van der Waals surface area contributed by atoms with Gasteiger partial charge in [-0.2, -0.15) is 0 Å². The van der Waals surface area contributed by atoms with Crippen LogP contribution < -0.4 is 15.1 Å². The van der Waals surface area contributed by atoms with Crippen LogP contribution >= 0.6 is 0 Å². The fourth-order valence-corrected chi connectivity index (χ4v) is 7.19. The number of amides is 3. The molecule has 5 rings (SSSR count).